The zero-order chi connectivity index (χ0) is 12.6. The highest BCUT2D eigenvalue weighted by Crippen LogP contribution is 2.42. The van der Waals surface area contributed by atoms with Crippen LogP contribution in [-0.4, -0.2) is 0 Å². The Morgan fingerprint density at radius 3 is 2.35 bits per heavy atom. The second-order valence-corrected chi connectivity index (χ2v) is 7.87. The topological polar surface area (TPSA) is 0 Å². The maximum atomic E-state index is 3.79. The minimum absolute atomic E-state index is 0.227. The molecule has 2 aromatic rings. The number of hydrogen-bond donors (Lipinski definition) is 0. The van der Waals surface area contributed by atoms with Gasteiger partial charge in [-0.15, -0.1) is 11.3 Å². The molecule has 1 unspecified atom stereocenters. The predicted molar refractivity (Wildman–Crippen MR) is 86.4 cm³/mol. The van der Waals surface area contributed by atoms with Crippen molar-refractivity contribution in [1.82, 2.24) is 0 Å². The quantitative estimate of drug-likeness (QED) is 0.477. The number of thiophene rings is 1. The van der Waals surface area contributed by atoms with Crippen molar-refractivity contribution >= 4 is 59.1 Å². The standard InChI is InChI=1S/C13H11Br3S/c1-7-3-4-10(14)9(5-7)12(16)13-11(15)6-8(2)17-13/h3-6,12H,1-2H3. The van der Waals surface area contributed by atoms with Crippen LogP contribution in [-0.2, 0) is 0 Å². The summed E-state index contributed by atoms with van der Waals surface area (Å²) in [6.07, 6.45) is 0. The van der Waals surface area contributed by atoms with Crippen molar-refractivity contribution in [2.24, 2.45) is 0 Å². The van der Waals surface area contributed by atoms with Gasteiger partial charge in [-0.1, -0.05) is 49.6 Å². The summed E-state index contributed by atoms with van der Waals surface area (Å²) >= 11 is 12.9. The van der Waals surface area contributed by atoms with Crippen LogP contribution in [0.4, 0.5) is 0 Å². The third kappa shape index (κ3) is 3.03. The number of halogens is 3. The molecule has 0 spiro atoms. The molecule has 0 N–H and O–H groups in total. The van der Waals surface area contributed by atoms with E-state index in [0.717, 1.165) is 4.47 Å². The average Bonchev–Trinajstić information content (AvgIpc) is 2.60. The molecular weight excluding hydrogens is 428 g/mol. The molecule has 0 bridgehead atoms. The molecule has 0 radical (unpaired) electrons. The van der Waals surface area contributed by atoms with Crippen LogP contribution in [0, 0.1) is 13.8 Å². The Morgan fingerprint density at radius 1 is 1.06 bits per heavy atom. The van der Waals surface area contributed by atoms with Crippen LogP contribution in [0.25, 0.3) is 0 Å². The molecule has 4 heteroatoms. The summed E-state index contributed by atoms with van der Waals surface area (Å²) in [6.45, 7) is 4.24. The highest BCUT2D eigenvalue weighted by Gasteiger charge is 2.18. The maximum absolute atomic E-state index is 3.79. The Bertz CT molecular complexity index is 546. The van der Waals surface area contributed by atoms with E-state index in [1.54, 1.807) is 0 Å². The van der Waals surface area contributed by atoms with Crippen LogP contribution in [0.5, 0.6) is 0 Å². The Morgan fingerprint density at radius 2 is 1.76 bits per heavy atom. The van der Waals surface area contributed by atoms with Gasteiger partial charge in [0.25, 0.3) is 0 Å². The Balaban J connectivity index is 2.46. The SMILES string of the molecule is Cc1ccc(Br)c(C(Br)c2sc(C)cc2Br)c1. The number of alkyl halides is 1. The minimum Gasteiger partial charge on any atom is -0.143 e. The average molecular weight is 439 g/mol. The number of hydrogen-bond acceptors (Lipinski definition) is 1. The van der Waals surface area contributed by atoms with Gasteiger partial charge >= 0.3 is 0 Å². The van der Waals surface area contributed by atoms with Gasteiger partial charge in [0.05, 0.1) is 4.83 Å². The summed E-state index contributed by atoms with van der Waals surface area (Å²) in [5.74, 6) is 0. The summed E-state index contributed by atoms with van der Waals surface area (Å²) in [5.41, 5.74) is 2.55. The molecule has 0 saturated heterocycles. The van der Waals surface area contributed by atoms with Crippen molar-refractivity contribution in [2.75, 3.05) is 0 Å². The van der Waals surface area contributed by atoms with E-state index in [9.17, 15) is 0 Å². The zero-order valence-electron chi connectivity index (χ0n) is 9.43. The molecule has 1 aromatic carbocycles. The summed E-state index contributed by atoms with van der Waals surface area (Å²) in [5, 5.41) is 0. The second-order valence-electron chi connectivity index (χ2n) is 3.96. The van der Waals surface area contributed by atoms with Gasteiger partial charge in [-0.3, -0.25) is 0 Å². The van der Waals surface area contributed by atoms with Gasteiger partial charge in [0.2, 0.25) is 0 Å². The Labute approximate surface area is 131 Å². The predicted octanol–water partition coefficient (Wildman–Crippen LogP) is 6.37. The number of benzene rings is 1. The van der Waals surface area contributed by atoms with Gasteiger partial charge < -0.3 is 0 Å². The van der Waals surface area contributed by atoms with Gasteiger partial charge in [0, 0.05) is 18.7 Å². The molecule has 0 aliphatic rings. The van der Waals surface area contributed by atoms with E-state index in [0.29, 0.717) is 0 Å². The number of rotatable bonds is 2. The lowest BCUT2D eigenvalue weighted by Crippen LogP contribution is -1.93. The van der Waals surface area contributed by atoms with Crippen LogP contribution < -0.4 is 0 Å². The summed E-state index contributed by atoms with van der Waals surface area (Å²) in [4.78, 5) is 2.86. The van der Waals surface area contributed by atoms with Crippen molar-refractivity contribution in [1.29, 1.82) is 0 Å². The molecule has 0 nitrogen and oxygen atoms in total. The maximum Gasteiger partial charge on any atom is 0.0760 e. The lowest BCUT2D eigenvalue weighted by atomic mass is 10.1. The van der Waals surface area contributed by atoms with Crippen LogP contribution in [0.1, 0.15) is 25.7 Å². The molecule has 0 amide bonds. The second kappa shape index (κ2) is 5.55. The van der Waals surface area contributed by atoms with Crippen molar-refractivity contribution in [3.8, 4) is 0 Å². The minimum atomic E-state index is 0.227. The lowest BCUT2D eigenvalue weighted by molar-refractivity contribution is 1.18. The number of aryl methyl sites for hydroxylation is 2. The van der Waals surface area contributed by atoms with E-state index in [4.69, 9.17) is 0 Å². The Kier molecular flexibility index (Phi) is 4.50. The monoisotopic (exact) mass is 436 g/mol. The molecule has 1 heterocycles. The fourth-order valence-corrected chi connectivity index (χ4v) is 5.55. The van der Waals surface area contributed by atoms with E-state index in [1.807, 2.05) is 11.3 Å². The highest BCUT2D eigenvalue weighted by molar-refractivity contribution is 9.11. The normalized spacial score (nSPS) is 12.8. The summed E-state index contributed by atoms with van der Waals surface area (Å²) in [7, 11) is 0. The molecule has 17 heavy (non-hydrogen) atoms. The van der Waals surface area contributed by atoms with Gasteiger partial charge in [-0.2, -0.15) is 0 Å². The molecular formula is C13H11Br3S. The highest BCUT2D eigenvalue weighted by atomic mass is 79.9. The zero-order valence-corrected chi connectivity index (χ0v) is 15.0. The van der Waals surface area contributed by atoms with Crippen LogP contribution in [0.2, 0.25) is 0 Å². The summed E-state index contributed by atoms with van der Waals surface area (Å²) in [6, 6.07) is 8.60. The molecule has 0 aliphatic carbocycles. The lowest BCUT2D eigenvalue weighted by Gasteiger charge is -2.12. The van der Waals surface area contributed by atoms with E-state index >= 15 is 0 Å². The van der Waals surface area contributed by atoms with E-state index in [-0.39, 0.29) is 4.83 Å². The van der Waals surface area contributed by atoms with Crippen molar-refractivity contribution in [3.63, 3.8) is 0 Å². The van der Waals surface area contributed by atoms with Gasteiger partial charge in [-0.25, -0.2) is 0 Å². The van der Waals surface area contributed by atoms with Gasteiger partial charge in [-0.05, 0) is 47.5 Å². The third-order valence-electron chi connectivity index (χ3n) is 2.49. The van der Waals surface area contributed by atoms with Crippen molar-refractivity contribution in [2.45, 2.75) is 18.7 Å². The molecule has 1 atom stereocenters. The molecule has 0 saturated carbocycles. The Hall–Kier alpha value is 0.360. The van der Waals surface area contributed by atoms with Gasteiger partial charge in [0.15, 0.2) is 0 Å². The van der Waals surface area contributed by atoms with Crippen LogP contribution in [0.3, 0.4) is 0 Å². The van der Waals surface area contributed by atoms with E-state index in [2.05, 4.69) is 85.9 Å². The van der Waals surface area contributed by atoms with Crippen LogP contribution in [0.15, 0.2) is 33.2 Å². The summed E-state index contributed by atoms with van der Waals surface area (Å²) < 4.78 is 2.32. The molecule has 90 valence electrons. The molecule has 1 aromatic heterocycles. The third-order valence-corrected chi connectivity index (χ3v) is 6.50. The van der Waals surface area contributed by atoms with Crippen molar-refractivity contribution < 1.29 is 0 Å². The van der Waals surface area contributed by atoms with Gasteiger partial charge in [0.1, 0.15) is 0 Å². The van der Waals surface area contributed by atoms with Crippen molar-refractivity contribution in [3.05, 3.63) is 54.1 Å². The fraction of sp³-hybridized carbons (Fsp3) is 0.231. The first kappa shape index (κ1) is 13.8. The van der Waals surface area contributed by atoms with Crippen LogP contribution >= 0.6 is 59.1 Å². The first-order valence-corrected chi connectivity index (χ1v) is 8.47. The smallest absolute Gasteiger partial charge is 0.0760 e. The largest absolute Gasteiger partial charge is 0.143 e. The first-order valence-electron chi connectivity index (χ1n) is 5.15. The fourth-order valence-electron chi connectivity index (χ4n) is 1.67. The van der Waals surface area contributed by atoms with E-state index < -0.39 is 0 Å². The van der Waals surface area contributed by atoms with E-state index in [1.165, 1.54) is 25.4 Å². The molecule has 2 rings (SSSR count). The molecule has 0 aliphatic heterocycles. The molecule has 0 fully saturated rings. The first-order chi connectivity index (χ1) is 7.99.